The van der Waals surface area contributed by atoms with Gasteiger partial charge < -0.3 is 10.4 Å². The summed E-state index contributed by atoms with van der Waals surface area (Å²) in [5.41, 5.74) is 1.93. The Morgan fingerprint density at radius 3 is 2.70 bits per heavy atom. The molecule has 23 heavy (non-hydrogen) atoms. The highest BCUT2D eigenvalue weighted by Gasteiger charge is 2.17. The molecule has 0 bridgehead atoms. The number of aromatic amines is 1. The van der Waals surface area contributed by atoms with Crippen molar-refractivity contribution in [1.82, 2.24) is 15.5 Å². The fourth-order valence-corrected chi connectivity index (χ4v) is 2.36. The summed E-state index contributed by atoms with van der Waals surface area (Å²) in [6, 6.07) is 7.24. The third-order valence-electron chi connectivity index (χ3n) is 3.76. The third-order valence-corrected chi connectivity index (χ3v) is 4.01. The Balaban J connectivity index is 1.96. The number of aliphatic hydroxyl groups excluding tert-OH is 1. The van der Waals surface area contributed by atoms with Crippen LogP contribution in [-0.2, 0) is 0 Å². The highest BCUT2D eigenvalue weighted by Crippen LogP contribution is 2.23. The molecule has 5 nitrogen and oxygen atoms in total. The van der Waals surface area contributed by atoms with E-state index in [1.165, 1.54) is 6.20 Å². The molecule has 0 aliphatic rings. The van der Waals surface area contributed by atoms with Crippen molar-refractivity contribution in [2.45, 2.75) is 26.7 Å². The van der Waals surface area contributed by atoms with E-state index < -0.39 is 0 Å². The van der Waals surface area contributed by atoms with Crippen LogP contribution in [0.25, 0.3) is 11.3 Å². The lowest BCUT2D eigenvalue weighted by Gasteiger charge is -2.21. The molecule has 124 valence electrons. The minimum atomic E-state index is -0.162. The summed E-state index contributed by atoms with van der Waals surface area (Å²) in [4.78, 5) is 12.3. The molecule has 0 atom stereocenters. The van der Waals surface area contributed by atoms with E-state index in [1.807, 2.05) is 26.0 Å². The number of benzene rings is 1. The second-order valence-electron chi connectivity index (χ2n) is 6.35. The Morgan fingerprint density at radius 1 is 1.35 bits per heavy atom. The number of aliphatic hydroxyl groups is 1. The molecule has 1 heterocycles. The van der Waals surface area contributed by atoms with Crippen LogP contribution in [0, 0.1) is 5.41 Å². The van der Waals surface area contributed by atoms with E-state index >= 15 is 0 Å². The third kappa shape index (κ3) is 4.81. The number of carbonyl (C=O) groups excluding carboxylic acids is 1. The van der Waals surface area contributed by atoms with E-state index in [1.54, 1.807) is 12.1 Å². The van der Waals surface area contributed by atoms with Gasteiger partial charge in [-0.05, 0) is 30.4 Å². The fraction of sp³-hybridized carbons (Fsp3) is 0.412. The lowest BCUT2D eigenvalue weighted by Crippen LogP contribution is -2.26. The topological polar surface area (TPSA) is 78.0 Å². The predicted molar refractivity (Wildman–Crippen MR) is 91.5 cm³/mol. The Labute approximate surface area is 141 Å². The molecule has 0 aliphatic carbocycles. The Hall–Kier alpha value is -1.85. The van der Waals surface area contributed by atoms with Crippen molar-refractivity contribution in [2.75, 3.05) is 13.2 Å². The summed E-state index contributed by atoms with van der Waals surface area (Å²) < 4.78 is 0. The molecule has 0 aliphatic heterocycles. The maximum Gasteiger partial charge on any atom is 0.255 e. The maximum atomic E-state index is 12.3. The highest BCUT2D eigenvalue weighted by atomic mass is 35.5. The number of nitrogens with one attached hydrogen (secondary N) is 2. The van der Waals surface area contributed by atoms with Crippen LogP contribution in [0.4, 0.5) is 0 Å². The Morgan fingerprint density at radius 2 is 2.04 bits per heavy atom. The number of nitrogens with zero attached hydrogens (tertiary/aromatic N) is 1. The second-order valence-corrected chi connectivity index (χ2v) is 6.78. The van der Waals surface area contributed by atoms with Gasteiger partial charge >= 0.3 is 0 Å². The number of H-pyrrole nitrogens is 1. The van der Waals surface area contributed by atoms with Gasteiger partial charge in [-0.15, -0.1) is 0 Å². The minimum absolute atomic E-state index is 0.116. The summed E-state index contributed by atoms with van der Waals surface area (Å²) in [6.07, 6.45) is 3.18. The SMILES string of the molecule is CC(C)(CO)CCCNC(=O)c1cn[nH]c1-c1ccc(Cl)cc1. The van der Waals surface area contributed by atoms with Gasteiger partial charge in [-0.25, -0.2) is 0 Å². The molecule has 1 amide bonds. The molecular weight excluding hydrogens is 314 g/mol. The monoisotopic (exact) mass is 335 g/mol. The van der Waals surface area contributed by atoms with E-state index in [0.717, 1.165) is 18.4 Å². The van der Waals surface area contributed by atoms with Crippen molar-refractivity contribution in [1.29, 1.82) is 0 Å². The largest absolute Gasteiger partial charge is 0.396 e. The minimum Gasteiger partial charge on any atom is -0.396 e. The molecule has 1 aromatic carbocycles. The number of halogens is 1. The van der Waals surface area contributed by atoms with Gasteiger partial charge in [0.2, 0.25) is 0 Å². The van der Waals surface area contributed by atoms with Crippen molar-refractivity contribution in [3.05, 3.63) is 41.0 Å². The van der Waals surface area contributed by atoms with Gasteiger partial charge in [0.1, 0.15) is 0 Å². The molecular formula is C17H22ClN3O2. The lowest BCUT2D eigenvalue weighted by molar-refractivity contribution is 0.0949. The first-order valence-corrected chi connectivity index (χ1v) is 7.99. The van der Waals surface area contributed by atoms with Crippen LogP contribution in [0.15, 0.2) is 30.5 Å². The van der Waals surface area contributed by atoms with E-state index in [-0.39, 0.29) is 17.9 Å². The molecule has 2 aromatic rings. The summed E-state index contributed by atoms with van der Waals surface area (Å²) in [7, 11) is 0. The zero-order chi connectivity index (χ0) is 16.9. The van der Waals surface area contributed by atoms with E-state index in [2.05, 4.69) is 15.5 Å². The van der Waals surface area contributed by atoms with Crippen LogP contribution in [0.5, 0.6) is 0 Å². The van der Waals surface area contributed by atoms with Gasteiger partial charge in [0.05, 0.1) is 17.5 Å². The fourth-order valence-electron chi connectivity index (χ4n) is 2.24. The summed E-state index contributed by atoms with van der Waals surface area (Å²) in [5.74, 6) is -0.162. The number of carbonyl (C=O) groups is 1. The van der Waals surface area contributed by atoms with Crippen molar-refractivity contribution in [3.63, 3.8) is 0 Å². The molecule has 0 saturated carbocycles. The van der Waals surface area contributed by atoms with Gasteiger partial charge in [-0.1, -0.05) is 37.6 Å². The van der Waals surface area contributed by atoms with Crippen LogP contribution in [0.1, 0.15) is 37.0 Å². The number of hydrogen-bond donors (Lipinski definition) is 3. The molecule has 0 saturated heterocycles. The predicted octanol–water partition coefficient (Wildman–Crippen LogP) is 3.26. The van der Waals surface area contributed by atoms with Crippen molar-refractivity contribution in [3.8, 4) is 11.3 Å². The van der Waals surface area contributed by atoms with Crippen molar-refractivity contribution in [2.24, 2.45) is 5.41 Å². The van der Waals surface area contributed by atoms with E-state index in [9.17, 15) is 9.90 Å². The normalized spacial score (nSPS) is 11.5. The summed E-state index contributed by atoms with van der Waals surface area (Å²) >= 11 is 5.89. The van der Waals surface area contributed by atoms with Gasteiger partial charge in [0.15, 0.2) is 0 Å². The van der Waals surface area contributed by atoms with Crippen LogP contribution in [0.2, 0.25) is 5.02 Å². The number of hydrogen-bond acceptors (Lipinski definition) is 3. The molecule has 3 N–H and O–H groups in total. The second kappa shape index (κ2) is 7.62. The summed E-state index contributed by atoms with van der Waals surface area (Å²) in [5, 5.41) is 19.6. The molecule has 0 unspecified atom stereocenters. The Bertz CT molecular complexity index is 650. The first-order valence-electron chi connectivity index (χ1n) is 7.61. The van der Waals surface area contributed by atoms with E-state index in [4.69, 9.17) is 11.6 Å². The van der Waals surface area contributed by atoms with Crippen LogP contribution in [0.3, 0.4) is 0 Å². The zero-order valence-corrected chi connectivity index (χ0v) is 14.2. The molecule has 6 heteroatoms. The molecule has 1 aromatic heterocycles. The van der Waals surface area contributed by atoms with Gasteiger partial charge in [0.25, 0.3) is 5.91 Å². The first kappa shape index (κ1) is 17.5. The molecule has 0 fully saturated rings. The van der Waals surface area contributed by atoms with Gasteiger partial charge in [-0.2, -0.15) is 5.10 Å². The number of amides is 1. The lowest BCUT2D eigenvalue weighted by atomic mass is 9.89. The Kier molecular flexibility index (Phi) is 5.80. The van der Waals surface area contributed by atoms with Crippen LogP contribution < -0.4 is 5.32 Å². The first-order chi connectivity index (χ1) is 10.9. The highest BCUT2D eigenvalue weighted by molar-refractivity contribution is 6.30. The molecule has 2 rings (SSSR count). The smallest absolute Gasteiger partial charge is 0.255 e. The zero-order valence-electron chi connectivity index (χ0n) is 13.4. The quantitative estimate of drug-likeness (QED) is 0.679. The number of rotatable bonds is 7. The van der Waals surface area contributed by atoms with Gasteiger partial charge in [0, 0.05) is 23.7 Å². The summed E-state index contributed by atoms with van der Waals surface area (Å²) in [6.45, 7) is 4.71. The average molecular weight is 336 g/mol. The van der Waals surface area contributed by atoms with Crippen LogP contribution >= 0.6 is 11.6 Å². The molecule has 0 spiro atoms. The maximum absolute atomic E-state index is 12.3. The van der Waals surface area contributed by atoms with Gasteiger partial charge in [-0.3, -0.25) is 9.89 Å². The van der Waals surface area contributed by atoms with Crippen molar-refractivity contribution >= 4 is 17.5 Å². The van der Waals surface area contributed by atoms with Crippen molar-refractivity contribution < 1.29 is 9.90 Å². The average Bonchev–Trinajstić information content (AvgIpc) is 3.02. The van der Waals surface area contributed by atoms with Crippen LogP contribution in [-0.4, -0.2) is 34.4 Å². The number of aromatic nitrogens is 2. The molecule has 0 radical (unpaired) electrons. The van der Waals surface area contributed by atoms with E-state index in [0.29, 0.717) is 22.8 Å². The standard InChI is InChI=1S/C17H22ClN3O2/c1-17(2,11-22)8-3-9-19-16(23)14-10-20-21-15(14)12-4-6-13(18)7-5-12/h4-7,10,22H,3,8-9,11H2,1-2H3,(H,19,23)(H,20,21).